The van der Waals surface area contributed by atoms with Crippen molar-refractivity contribution < 1.29 is 28.6 Å². The fraction of sp³-hybridized carbons (Fsp3) is 0.679. The molecule has 0 aliphatic heterocycles. The van der Waals surface area contributed by atoms with Gasteiger partial charge in [-0.25, -0.2) is 0 Å². The molecular formula is C53H88O6. The lowest BCUT2D eigenvalue weighted by Crippen LogP contribution is -2.30. The summed E-state index contributed by atoms with van der Waals surface area (Å²) in [5, 5.41) is 0. The molecule has 0 aromatic carbocycles. The second-order valence-electron chi connectivity index (χ2n) is 15.7. The van der Waals surface area contributed by atoms with Gasteiger partial charge in [-0.15, -0.1) is 0 Å². The van der Waals surface area contributed by atoms with E-state index in [1.54, 1.807) is 0 Å². The van der Waals surface area contributed by atoms with Crippen LogP contribution in [0.2, 0.25) is 0 Å². The summed E-state index contributed by atoms with van der Waals surface area (Å²) in [4.78, 5) is 37.8. The molecule has 0 rings (SSSR count). The Kier molecular flexibility index (Phi) is 44.5. The maximum atomic E-state index is 12.8. The average molecular weight is 821 g/mol. The zero-order chi connectivity index (χ0) is 43.0. The van der Waals surface area contributed by atoms with Crippen LogP contribution in [-0.4, -0.2) is 37.2 Å². The summed E-state index contributed by atoms with van der Waals surface area (Å²) >= 11 is 0. The van der Waals surface area contributed by atoms with Crippen molar-refractivity contribution in [1.82, 2.24) is 0 Å². The molecule has 0 bridgehead atoms. The van der Waals surface area contributed by atoms with Crippen LogP contribution in [0.3, 0.4) is 0 Å². The lowest BCUT2D eigenvalue weighted by Gasteiger charge is -2.18. The minimum absolute atomic E-state index is 0.100. The molecule has 0 spiro atoms. The van der Waals surface area contributed by atoms with Gasteiger partial charge in [-0.05, 0) is 70.6 Å². The second-order valence-corrected chi connectivity index (χ2v) is 15.7. The van der Waals surface area contributed by atoms with Gasteiger partial charge in [0.15, 0.2) is 6.10 Å². The van der Waals surface area contributed by atoms with Gasteiger partial charge in [-0.3, -0.25) is 14.4 Å². The van der Waals surface area contributed by atoms with Crippen molar-refractivity contribution >= 4 is 17.9 Å². The third kappa shape index (κ3) is 45.5. The molecule has 0 heterocycles. The van der Waals surface area contributed by atoms with Gasteiger partial charge in [0.2, 0.25) is 0 Å². The average Bonchev–Trinajstić information content (AvgIpc) is 3.23. The number of esters is 3. The van der Waals surface area contributed by atoms with E-state index in [-0.39, 0.29) is 31.1 Å². The first-order valence-corrected chi connectivity index (χ1v) is 24.1. The number of ether oxygens (including phenoxy) is 3. The van der Waals surface area contributed by atoms with E-state index in [1.165, 1.54) is 70.6 Å². The fourth-order valence-electron chi connectivity index (χ4n) is 6.41. The number of hydrogen-bond donors (Lipinski definition) is 0. The first-order chi connectivity index (χ1) is 29.0. The predicted molar refractivity (Wildman–Crippen MR) is 251 cm³/mol. The maximum absolute atomic E-state index is 12.8. The Labute approximate surface area is 363 Å². The van der Waals surface area contributed by atoms with Crippen LogP contribution in [0.15, 0.2) is 85.1 Å². The van der Waals surface area contributed by atoms with Crippen LogP contribution in [0.25, 0.3) is 0 Å². The normalized spacial score (nSPS) is 12.8. The largest absolute Gasteiger partial charge is 0.462 e. The molecule has 0 aliphatic carbocycles. The molecule has 0 fully saturated rings. The van der Waals surface area contributed by atoms with E-state index < -0.39 is 6.10 Å². The highest BCUT2D eigenvalue weighted by molar-refractivity contribution is 5.71. The maximum Gasteiger partial charge on any atom is 0.306 e. The van der Waals surface area contributed by atoms with Crippen molar-refractivity contribution in [3.05, 3.63) is 85.1 Å². The summed E-state index contributed by atoms with van der Waals surface area (Å²) in [6.45, 7) is 6.32. The van der Waals surface area contributed by atoms with Crippen LogP contribution in [0.1, 0.15) is 213 Å². The molecule has 6 nitrogen and oxygen atoms in total. The number of carbonyl (C=O) groups is 3. The van der Waals surface area contributed by atoms with Gasteiger partial charge in [0.05, 0.1) is 0 Å². The molecular weight excluding hydrogens is 733 g/mol. The van der Waals surface area contributed by atoms with Gasteiger partial charge in [0, 0.05) is 19.3 Å². The Balaban J connectivity index is 4.48. The van der Waals surface area contributed by atoms with E-state index in [0.717, 1.165) is 103 Å². The smallest absolute Gasteiger partial charge is 0.306 e. The lowest BCUT2D eigenvalue weighted by atomic mass is 10.0. The summed E-state index contributed by atoms with van der Waals surface area (Å²) in [5.41, 5.74) is 0. The van der Waals surface area contributed by atoms with E-state index in [2.05, 4.69) is 69.4 Å². The van der Waals surface area contributed by atoms with E-state index in [4.69, 9.17) is 14.2 Å². The summed E-state index contributed by atoms with van der Waals surface area (Å²) in [5.74, 6) is -0.963. The van der Waals surface area contributed by atoms with Gasteiger partial charge in [0.1, 0.15) is 13.2 Å². The summed E-state index contributed by atoms with van der Waals surface area (Å²) in [6, 6.07) is 0. The molecule has 6 heteroatoms. The van der Waals surface area contributed by atoms with Crippen molar-refractivity contribution in [3.63, 3.8) is 0 Å². The van der Waals surface area contributed by atoms with Crippen molar-refractivity contribution in [2.75, 3.05) is 13.2 Å². The molecule has 0 saturated heterocycles. The topological polar surface area (TPSA) is 78.9 Å². The monoisotopic (exact) mass is 821 g/mol. The van der Waals surface area contributed by atoms with Crippen LogP contribution in [0.5, 0.6) is 0 Å². The van der Waals surface area contributed by atoms with Crippen molar-refractivity contribution in [2.24, 2.45) is 0 Å². The van der Waals surface area contributed by atoms with E-state index >= 15 is 0 Å². The number of allylic oxidation sites excluding steroid dienone is 14. The molecule has 59 heavy (non-hydrogen) atoms. The highest BCUT2D eigenvalue weighted by Gasteiger charge is 2.19. The third-order valence-corrected chi connectivity index (χ3v) is 9.99. The van der Waals surface area contributed by atoms with E-state index in [9.17, 15) is 14.4 Å². The molecule has 0 aromatic heterocycles. The minimum Gasteiger partial charge on any atom is -0.462 e. The molecule has 1 atom stereocenters. The molecule has 1 unspecified atom stereocenters. The Morgan fingerprint density at radius 3 is 1.25 bits per heavy atom. The number of carbonyl (C=O) groups excluding carboxylic acids is 3. The second kappa shape index (κ2) is 47.3. The van der Waals surface area contributed by atoms with Gasteiger partial charge in [-0.1, -0.05) is 209 Å². The van der Waals surface area contributed by atoms with Crippen molar-refractivity contribution in [2.45, 2.75) is 219 Å². The van der Waals surface area contributed by atoms with Gasteiger partial charge in [0.25, 0.3) is 0 Å². The summed E-state index contributed by atoms with van der Waals surface area (Å²) < 4.78 is 16.7. The Hall–Kier alpha value is -3.41. The molecule has 336 valence electrons. The Bertz CT molecular complexity index is 1170. The minimum atomic E-state index is -0.799. The molecule has 0 saturated carbocycles. The Morgan fingerprint density at radius 2 is 0.746 bits per heavy atom. The highest BCUT2D eigenvalue weighted by atomic mass is 16.6. The van der Waals surface area contributed by atoms with Crippen molar-refractivity contribution in [3.8, 4) is 0 Å². The summed E-state index contributed by atoms with van der Waals surface area (Å²) in [6.07, 6.45) is 59.9. The third-order valence-electron chi connectivity index (χ3n) is 9.99. The van der Waals surface area contributed by atoms with Gasteiger partial charge < -0.3 is 14.2 Å². The fourth-order valence-corrected chi connectivity index (χ4v) is 6.41. The zero-order valence-corrected chi connectivity index (χ0v) is 38.2. The highest BCUT2D eigenvalue weighted by Crippen LogP contribution is 2.15. The van der Waals surface area contributed by atoms with Crippen LogP contribution < -0.4 is 0 Å². The number of unbranched alkanes of at least 4 members (excludes halogenated alkanes) is 20. The van der Waals surface area contributed by atoms with Gasteiger partial charge >= 0.3 is 17.9 Å². The number of hydrogen-bond acceptors (Lipinski definition) is 6. The molecule has 0 amide bonds. The first-order valence-electron chi connectivity index (χ1n) is 24.1. The standard InChI is InChI=1S/C53H88O6/c1-4-7-10-13-16-19-22-25-28-31-34-37-40-43-46-52(55)58-49-50(48-57-51(54)45-42-39-36-33-30-27-24-21-18-15-12-9-6-3)59-53(56)47-44-41-38-35-32-29-26-23-20-17-14-11-8-5-2/h7,9-10,12,15-16,18-19,21,24-25,27-28,30,50H,4-6,8,11,13-14,17,20,22-23,26,29,31-49H2,1-3H3/b10-7+,12-9+,18-15+,19-16+,24-21+,28-25+,30-27+. The van der Waals surface area contributed by atoms with E-state index in [0.29, 0.717) is 19.3 Å². The molecule has 0 N–H and O–H groups in total. The number of rotatable bonds is 42. The quantitative estimate of drug-likeness (QED) is 0.0201. The van der Waals surface area contributed by atoms with E-state index in [1.807, 2.05) is 36.5 Å². The lowest BCUT2D eigenvalue weighted by molar-refractivity contribution is -0.167. The van der Waals surface area contributed by atoms with Crippen LogP contribution in [0.4, 0.5) is 0 Å². The SMILES string of the molecule is CC/C=C/C=C/C=C/C=C/CCCCCC(=O)OCC(COC(=O)CCCCCC/C=C/C/C=C/C/C=C/CC)OC(=O)CCCCCCCCCCCCCCCC. The molecule has 0 aromatic rings. The first kappa shape index (κ1) is 55.6. The zero-order valence-electron chi connectivity index (χ0n) is 38.2. The van der Waals surface area contributed by atoms with Gasteiger partial charge in [-0.2, -0.15) is 0 Å². The Morgan fingerprint density at radius 1 is 0.373 bits per heavy atom. The van der Waals surface area contributed by atoms with Crippen LogP contribution >= 0.6 is 0 Å². The van der Waals surface area contributed by atoms with Crippen molar-refractivity contribution in [1.29, 1.82) is 0 Å². The molecule has 0 radical (unpaired) electrons. The predicted octanol–water partition coefficient (Wildman–Crippen LogP) is 15.6. The van der Waals surface area contributed by atoms with Crippen LogP contribution in [-0.2, 0) is 28.6 Å². The molecule has 0 aliphatic rings. The summed E-state index contributed by atoms with van der Waals surface area (Å²) in [7, 11) is 0. The van der Waals surface area contributed by atoms with Crippen LogP contribution in [0, 0.1) is 0 Å².